The van der Waals surface area contributed by atoms with Gasteiger partial charge in [0.1, 0.15) is 11.3 Å². The Morgan fingerprint density at radius 3 is 2.81 bits per heavy atom. The number of hydrogen-bond acceptors (Lipinski definition) is 5. The lowest BCUT2D eigenvalue weighted by Gasteiger charge is -2.15. The highest BCUT2D eigenvalue weighted by molar-refractivity contribution is 6.30. The third-order valence-corrected chi connectivity index (χ3v) is 4.31. The van der Waals surface area contributed by atoms with E-state index < -0.39 is 5.97 Å². The van der Waals surface area contributed by atoms with Gasteiger partial charge in [0, 0.05) is 30.1 Å². The minimum Gasteiger partial charge on any atom is -0.494 e. The van der Waals surface area contributed by atoms with Gasteiger partial charge in [-0.15, -0.1) is 0 Å². The van der Waals surface area contributed by atoms with Gasteiger partial charge in [-0.05, 0) is 41.3 Å². The van der Waals surface area contributed by atoms with Crippen molar-refractivity contribution in [2.24, 2.45) is 0 Å². The van der Waals surface area contributed by atoms with Crippen LogP contribution in [0, 0.1) is 0 Å². The molecule has 2 aromatic carbocycles. The van der Waals surface area contributed by atoms with Crippen molar-refractivity contribution in [3.05, 3.63) is 47.1 Å². The number of nitrogens with zero attached hydrogens (tertiary/aromatic N) is 2. The first-order chi connectivity index (χ1) is 12.5. The average Bonchev–Trinajstić information content (AvgIpc) is 2.64. The SMILES string of the molecule is CNc1ncc2c(-c3cccc(Cl)c3)cc(CCC(=O)O)c(OC)c2n1. The number of hydrogen-bond donors (Lipinski definition) is 2. The van der Waals surface area contributed by atoms with E-state index in [9.17, 15) is 4.79 Å². The molecule has 0 saturated heterocycles. The number of rotatable bonds is 6. The monoisotopic (exact) mass is 371 g/mol. The largest absolute Gasteiger partial charge is 0.494 e. The Hall–Kier alpha value is -2.86. The van der Waals surface area contributed by atoms with Gasteiger partial charge in [-0.1, -0.05) is 23.7 Å². The van der Waals surface area contributed by atoms with Gasteiger partial charge in [0.2, 0.25) is 5.95 Å². The fourth-order valence-electron chi connectivity index (χ4n) is 2.89. The molecule has 0 amide bonds. The molecule has 0 aliphatic heterocycles. The molecule has 26 heavy (non-hydrogen) atoms. The molecule has 0 aliphatic carbocycles. The molecule has 1 heterocycles. The van der Waals surface area contributed by atoms with Gasteiger partial charge in [-0.25, -0.2) is 9.97 Å². The van der Waals surface area contributed by atoms with Crippen molar-refractivity contribution < 1.29 is 14.6 Å². The van der Waals surface area contributed by atoms with Crippen LogP contribution < -0.4 is 10.1 Å². The number of nitrogens with one attached hydrogen (secondary N) is 1. The third kappa shape index (κ3) is 3.55. The summed E-state index contributed by atoms with van der Waals surface area (Å²) in [5.41, 5.74) is 3.19. The number of benzene rings is 2. The van der Waals surface area contributed by atoms with E-state index in [2.05, 4.69) is 15.3 Å². The molecule has 0 aliphatic rings. The second kappa shape index (κ2) is 7.58. The molecule has 1 aromatic heterocycles. The number of carbonyl (C=O) groups is 1. The highest BCUT2D eigenvalue weighted by Crippen LogP contribution is 2.38. The van der Waals surface area contributed by atoms with Crippen molar-refractivity contribution >= 4 is 34.4 Å². The second-order valence-electron chi connectivity index (χ2n) is 5.73. The standard InChI is InChI=1S/C19H18ClN3O3/c1-21-19-22-10-15-14(11-4-3-5-13(20)8-11)9-12(6-7-16(24)25)18(26-2)17(15)23-19/h3-5,8-10H,6-7H2,1-2H3,(H,24,25)(H,21,22,23). The predicted octanol–water partition coefficient (Wildman–Crippen LogP) is 4.02. The number of aliphatic carboxylic acids is 1. The second-order valence-corrected chi connectivity index (χ2v) is 6.16. The Bertz CT molecular complexity index is 976. The number of fused-ring (bicyclic) bond motifs is 1. The number of anilines is 1. The average molecular weight is 372 g/mol. The maximum Gasteiger partial charge on any atom is 0.303 e. The van der Waals surface area contributed by atoms with E-state index in [0.717, 1.165) is 22.1 Å². The summed E-state index contributed by atoms with van der Waals surface area (Å²) < 4.78 is 5.57. The smallest absolute Gasteiger partial charge is 0.303 e. The summed E-state index contributed by atoms with van der Waals surface area (Å²) in [5, 5.41) is 13.4. The number of aromatic nitrogens is 2. The Labute approximate surface area is 155 Å². The van der Waals surface area contributed by atoms with Gasteiger partial charge in [0.05, 0.1) is 7.11 Å². The van der Waals surface area contributed by atoms with E-state index >= 15 is 0 Å². The molecule has 0 radical (unpaired) electrons. The van der Waals surface area contributed by atoms with Crippen molar-refractivity contribution in [2.75, 3.05) is 19.5 Å². The first-order valence-corrected chi connectivity index (χ1v) is 8.43. The van der Waals surface area contributed by atoms with Crippen molar-refractivity contribution in [3.63, 3.8) is 0 Å². The lowest BCUT2D eigenvalue weighted by atomic mass is 9.96. The van der Waals surface area contributed by atoms with Gasteiger partial charge in [0.25, 0.3) is 0 Å². The van der Waals surface area contributed by atoms with E-state index in [-0.39, 0.29) is 6.42 Å². The molecule has 7 heteroatoms. The van der Waals surface area contributed by atoms with Crippen LogP contribution in [0.1, 0.15) is 12.0 Å². The number of aryl methyl sites for hydroxylation is 1. The summed E-state index contributed by atoms with van der Waals surface area (Å²) >= 11 is 6.15. The van der Waals surface area contributed by atoms with Gasteiger partial charge >= 0.3 is 5.97 Å². The normalized spacial score (nSPS) is 10.7. The Morgan fingerprint density at radius 2 is 2.15 bits per heavy atom. The van der Waals surface area contributed by atoms with Crippen LogP contribution >= 0.6 is 11.6 Å². The third-order valence-electron chi connectivity index (χ3n) is 4.08. The molecular formula is C19H18ClN3O3. The molecule has 0 fully saturated rings. The molecule has 0 bridgehead atoms. The summed E-state index contributed by atoms with van der Waals surface area (Å²) in [7, 11) is 3.29. The Balaban J connectivity index is 2.30. The molecule has 0 unspecified atom stereocenters. The zero-order valence-corrected chi connectivity index (χ0v) is 15.2. The van der Waals surface area contributed by atoms with Crippen LogP contribution in [0.5, 0.6) is 5.75 Å². The highest BCUT2D eigenvalue weighted by atomic mass is 35.5. The number of halogens is 1. The molecule has 3 aromatic rings. The van der Waals surface area contributed by atoms with Crippen molar-refractivity contribution in [3.8, 4) is 16.9 Å². The summed E-state index contributed by atoms with van der Waals surface area (Å²) in [6.07, 6.45) is 2.07. The Kier molecular flexibility index (Phi) is 5.23. The predicted molar refractivity (Wildman–Crippen MR) is 102 cm³/mol. The van der Waals surface area contributed by atoms with Crippen LogP contribution in [0.3, 0.4) is 0 Å². The summed E-state index contributed by atoms with van der Waals surface area (Å²) in [6.45, 7) is 0. The van der Waals surface area contributed by atoms with Crippen LogP contribution in [-0.4, -0.2) is 35.2 Å². The maximum absolute atomic E-state index is 11.0. The zero-order valence-electron chi connectivity index (χ0n) is 14.4. The fraction of sp³-hybridized carbons (Fsp3) is 0.211. The molecule has 2 N–H and O–H groups in total. The number of ether oxygens (including phenoxy) is 1. The van der Waals surface area contributed by atoms with Crippen LogP contribution in [0.25, 0.3) is 22.0 Å². The minimum atomic E-state index is -0.866. The lowest BCUT2D eigenvalue weighted by Crippen LogP contribution is -2.03. The van der Waals surface area contributed by atoms with E-state index in [1.807, 2.05) is 24.3 Å². The van der Waals surface area contributed by atoms with E-state index in [0.29, 0.717) is 28.7 Å². The van der Waals surface area contributed by atoms with Crippen molar-refractivity contribution in [1.29, 1.82) is 0 Å². The van der Waals surface area contributed by atoms with Gasteiger partial charge < -0.3 is 15.2 Å². The van der Waals surface area contributed by atoms with Gasteiger partial charge in [-0.3, -0.25) is 4.79 Å². The van der Waals surface area contributed by atoms with Crippen LogP contribution in [0.2, 0.25) is 5.02 Å². The summed E-state index contributed by atoms with van der Waals surface area (Å²) in [4.78, 5) is 19.9. The topological polar surface area (TPSA) is 84.3 Å². The fourth-order valence-corrected chi connectivity index (χ4v) is 3.08. The van der Waals surface area contributed by atoms with Gasteiger partial charge in [0.15, 0.2) is 0 Å². The van der Waals surface area contributed by atoms with E-state index in [1.54, 1.807) is 26.4 Å². The summed E-state index contributed by atoms with van der Waals surface area (Å²) in [6, 6.07) is 9.40. The van der Waals surface area contributed by atoms with Crippen LogP contribution in [0.15, 0.2) is 36.5 Å². The lowest BCUT2D eigenvalue weighted by molar-refractivity contribution is -0.136. The minimum absolute atomic E-state index is 0.000814. The molecule has 3 rings (SSSR count). The first kappa shape index (κ1) is 17.9. The van der Waals surface area contributed by atoms with Crippen LogP contribution in [-0.2, 0) is 11.2 Å². The molecule has 0 saturated carbocycles. The van der Waals surface area contributed by atoms with Crippen molar-refractivity contribution in [1.82, 2.24) is 9.97 Å². The number of carboxylic acid groups (broad SMARTS) is 1. The molecule has 6 nitrogen and oxygen atoms in total. The first-order valence-electron chi connectivity index (χ1n) is 8.05. The van der Waals surface area contributed by atoms with E-state index in [4.69, 9.17) is 21.4 Å². The van der Waals surface area contributed by atoms with Crippen LogP contribution in [0.4, 0.5) is 5.95 Å². The summed E-state index contributed by atoms with van der Waals surface area (Å²) in [5.74, 6) is 0.157. The number of methoxy groups -OCH3 is 1. The highest BCUT2D eigenvalue weighted by Gasteiger charge is 2.17. The molecule has 0 spiro atoms. The quantitative estimate of drug-likeness (QED) is 0.680. The molecule has 0 atom stereocenters. The van der Waals surface area contributed by atoms with Crippen molar-refractivity contribution in [2.45, 2.75) is 12.8 Å². The molecular weight excluding hydrogens is 354 g/mol. The molecule has 134 valence electrons. The zero-order chi connectivity index (χ0) is 18.7. The Morgan fingerprint density at radius 1 is 1.35 bits per heavy atom. The van der Waals surface area contributed by atoms with Gasteiger partial charge in [-0.2, -0.15) is 0 Å². The van der Waals surface area contributed by atoms with E-state index in [1.165, 1.54) is 0 Å². The maximum atomic E-state index is 11.0. The number of carboxylic acids is 1.